The molecular weight excluding hydrogens is 280 g/mol. The van der Waals surface area contributed by atoms with Crippen LogP contribution in [-0.2, 0) is 15.8 Å². The predicted molar refractivity (Wildman–Crippen MR) is 68.7 cm³/mol. The lowest BCUT2D eigenvalue weighted by molar-refractivity contribution is -0.126. The van der Waals surface area contributed by atoms with Crippen molar-refractivity contribution >= 4 is 29.5 Å². The molecule has 2 fully saturated rings. The molecule has 1 saturated carbocycles. The zero-order valence-electron chi connectivity index (χ0n) is 10.5. The quantitative estimate of drug-likeness (QED) is 0.696. The summed E-state index contributed by atoms with van der Waals surface area (Å²) in [6.07, 6.45) is -0.289. The summed E-state index contributed by atoms with van der Waals surface area (Å²) in [7, 11) is -1.80. The van der Waals surface area contributed by atoms with Crippen molar-refractivity contribution in [2.24, 2.45) is 11.8 Å². The van der Waals surface area contributed by atoms with Gasteiger partial charge in [-0.05, 0) is 13.3 Å². The molecule has 0 radical (unpaired) electrons. The van der Waals surface area contributed by atoms with Gasteiger partial charge in [-0.25, -0.2) is 13.0 Å². The van der Waals surface area contributed by atoms with Gasteiger partial charge >= 0.3 is 0 Å². The van der Waals surface area contributed by atoms with Gasteiger partial charge in [0.05, 0.1) is 0 Å². The van der Waals surface area contributed by atoms with Gasteiger partial charge in [0.2, 0.25) is 5.91 Å². The van der Waals surface area contributed by atoms with Crippen LogP contribution in [-0.4, -0.2) is 30.5 Å². The van der Waals surface area contributed by atoms with E-state index in [0.29, 0.717) is 0 Å². The van der Waals surface area contributed by atoms with Crippen molar-refractivity contribution < 1.29 is 17.8 Å². The van der Waals surface area contributed by atoms with E-state index in [4.69, 9.17) is 0 Å². The Labute approximate surface area is 113 Å². The van der Waals surface area contributed by atoms with E-state index in [0.717, 1.165) is 0 Å². The third-order valence-corrected chi connectivity index (χ3v) is 7.10. The summed E-state index contributed by atoms with van der Waals surface area (Å²) in [6, 6.07) is -0.306. The molecule has 0 aromatic carbocycles. The van der Waals surface area contributed by atoms with Crippen molar-refractivity contribution in [3.8, 4) is 0 Å². The van der Waals surface area contributed by atoms with Gasteiger partial charge in [0, 0.05) is 31.2 Å². The van der Waals surface area contributed by atoms with E-state index < -0.39 is 33.3 Å². The van der Waals surface area contributed by atoms with Gasteiger partial charge in [-0.3, -0.25) is 9.10 Å². The molecule has 1 aliphatic heterocycles. The Hall–Kier alpha value is -0.170. The molecule has 1 aliphatic carbocycles. The second-order valence-electron chi connectivity index (χ2n) is 5.36. The number of halogens is 2. The van der Waals surface area contributed by atoms with E-state index in [-0.39, 0.29) is 24.3 Å². The lowest BCUT2D eigenvalue weighted by atomic mass is 9.76. The first-order valence-corrected chi connectivity index (χ1v) is 7.48. The summed E-state index contributed by atoms with van der Waals surface area (Å²) in [6.45, 7) is 4.57. The zero-order valence-corrected chi connectivity index (χ0v) is 12.2. The van der Waals surface area contributed by atoms with E-state index in [1.54, 1.807) is 6.92 Å². The van der Waals surface area contributed by atoms with Crippen molar-refractivity contribution in [1.29, 1.82) is 0 Å². The lowest BCUT2D eigenvalue weighted by Crippen LogP contribution is -2.48. The molecular formula is C11H17F2NO2S2. The van der Waals surface area contributed by atoms with Gasteiger partial charge in [-0.1, -0.05) is 6.92 Å². The number of hydrogen-bond donors (Lipinski definition) is 1. The second-order valence-corrected chi connectivity index (χ2v) is 8.08. The van der Waals surface area contributed by atoms with Gasteiger partial charge in [0.1, 0.15) is 15.1 Å². The SMILES string of the molecule is CC(=O)N1C(C)C2CC(C)C(F)(F)CC2(S)S1=O. The van der Waals surface area contributed by atoms with E-state index in [2.05, 4.69) is 12.6 Å². The van der Waals surface area contributed by atoms with E-state index >= 15 is 0 Å². The first-order valence-electron chi connectivity index (χ1n) is 5.93. The van der Waals surface area contributed by atoms with Crippen LogP contribution < -0.4 is 0 Å². The highest BCUT2D eigenvalue weighted by Crippen LogP contribution is 2.56. The summed E-state index contributed by atoms with van der Waals surface area (Å²) in [5.41, 5.74) is 0. The summed E-state index contributed by atoms with van der Waals surface area (Å²) in [5.74, 6) is -4.24. The van der Waals surface area contributed by atoms with Crippen LogP contribution in [0.4, 0.5) is 8.78 Å². The fourth-order valence-electron chi connectivity index (χ4n) is 3.03. The van der Waals surface area contributed by atoms with Crippen molar-refractivity contribution in [2.75, 3.05) is 0 Å². The fraction of sp³-hybridized carbons (Fsp3) is 0.909. The summed E-state index contributed by atoms with van der Waals surface area (Å²) in [4.78, 5) is 11.5. The molecule has 2 aliphatic rings. The fourth-order valence-corrected chi connectivity index (χ4v) is 5.72. The topological polar surface area (TPSA) is 37.4 Å². The molecule has 0 aromatic heterocycles. The lowest BCUT2D eigenvalue weighted by Gasteiger charge is -2.41. The van der Waals surface area contributed by atoms with Crippen LogP contribution in [0.3, 0.4) is 0 Å². The minimum atomic E-state index is -2.87. The maximum absolute atomic E-state index is 13.8. The Kier molecular flexibility index (Phi) is 3.29. The summed E-state index contributed by atoms with van der Waals surface area (Å²) in [5, 5.41) is 0. The molecule has 18 heavy (non-hydrogen) atoms. The van der Waals surface area contributed by atoms with Crippen molar-refractivity contribution in [3.05, 3.63) is 0 Å². The molecule has 1 amide bonds. The zero-order chi connectivity index (χ0) is 13.9. The maximum Gasteiger partial charge on any atom is 0.252 e. The minimum Gasteiger partial charge on any atom is -0.274 e. The maximum atomic E-state index is 13.8. The molecule has 2 rings (SSSR count). The van der Waals surface area contributed by atoms with Crippen molar-refractivity contribution in [1.82, 2.24) is 4.31 Å². The second kappa shape index (κ2) is 4.16. The van der Waals surface area contributed by atoms with Gasteiger partial charge in [-0.15, -0.1) is 0 Å². The molecule has 5 unspecified atom stereocenters. The van der Waals surface area contributed by atoms with E-state index in [1.807, 2.05) is 0 Å². The normalized spacial score (nSPS) is 46.9. The monoisotopic (exact) mass is 297 g/mol. The van der Waals surface area contributed by atoms with Gasteiger partial charge in [-0.2, -0.15) is 12.6 Å². The number of nitrogens with zero attached hydrogens (tertiary/aromatic N) is 1. The predicted octanol–water partition coefficient (Wildman–Crippen LogP) is 2.21. The number of thiol groups is 1. The number of fused-ring (bicyclic) bond motifs is 1. The van der Waals surface area contributed by atoms with Crippen LogP contribution in [0.25, 0.3) is 0 Å². The molecule has 3 nitrogen and oxygen atoms in total. The molecule has 104 valence electrons. The largest absolute Gasteiger partial charge is 0.274 e. The Balaban J connectivity index is 2.41. The van der Waals surface area contributed by atoms with E-state index in [1.165, 1.54) is 18.2 Å². The van der Waals surface area contributed by atoms with Crippen LogP contribution >= 0.6 is 12.6 Å². The molecule has 7 heteroatoms. The Morgan fingerprint density at radius 3 is 2.50 bits per heavy atom. The molecule has 0 spiro atoms. The minimum absolute atomic E-state index is 0.243. The molecule has 0 N–H and O–H groups in total. The van der Waals surface area contributed by atoms with Crippen LogP contribution in [0.15, 0.2) is 0 Å². The van der Waals surface area contributed by atoms with Crippen LogP contribution in [0.1, 0.15) is 33.6 Å². The Bertz CT molecular complexity index is 418. The molecule has 5 atom stereocenters. The highest BCUT2D eigenvalue weighted by molar-refractivity contribution is 8.02. The third kappa shape index (κ3) is 1.81. The highest BCUT2D eigenvalue weighted by Gasteiger charge is 2.64. The number of carbonyl (C=O) groups is 1. The first-order chi connectivity index (χ1) is 8.11. The smallest absolute Gasteiger partial charge is 0.252 e. The average Bonchev–Trinajstić information content (AvgIpc) is 2.38. The summed E-state index contributed by atoms with van der Waals surface area (Å²) >= 11 is 4.30. The number of hydrogen-bond acceptors (Lipinski definition) is 3. The van der Waals surface area contributed by atoms with Crippen molar-refractivity contribution in [3.63, 3.8) is 0 Å². The van der Waals surface area contributed by atoms with Gasteiger partial charge in [0.25, 0.3) is 5.92 Å². The molecule has 0 aromatic rings. The number of alkyl halides is 2. The molecule has 1 heterocycles. The molecule has 1 saturated heterocycles. The van der Waals surface area contributed by atoms with Gasteiger partial charge in [0.15, 0.2) is 0 Å². The van der Waals surface area contributed by atoms with E-state index in [9.17, 15) is 17.8 Å². The highest BCUT2D eigenvalue weighted by atomic mass is 32.2. The van der Waals surface area contributed by atoms with Crippen molar-refractivity contribution in [2.45, 2.75) is 49.7 Å². The standard InChI is InChI=1S/C11H17F2NO2S2/c1-6-4-9-7(2)14(8(3)15)18(16)11(9,17)5-10(6,12)13/h6-7,9,17H,4-5H2,1-3H3. The molecule has 0 bridgehead atoms. The third-order valence-electron chi connectivity index (χ3n) is 4.14. The Morgan fingerprint density at radius 1 is 1.44 bits per heavy atom. The number of amides is 1. The number of carbonyl (C=O) groups excluding carboxylic acids is 1. The number of rotatable bonds is 0. The average molecular weight is 297 g/mol. The van der Waals surface area contributed by atoms with Gasteiger partial charge < -0.3 is 0 Å². The summed E-state index contributed by atoms with van der Waals surface area (Å²) < 4.78 is 39.9. The first kappa shape index (κ1) is 14.2. The Morgan fingerprint density at radius 2 is 2.00 bits per heavy atom. The van der Waals surface area contributed by atoms with Crippen LogP contribution in [0.5, 0.6) is 0 Å². The van der Waals surface area contributed by atoms with Crippen LogP contribution in [0, 0.1) is 11.8 Å². The van der Waals surface area contributed by atoms with Crippen LogP contribution in [0.2, 0.25) is 0 Å².